The second-order valence-electron chi connectivity index (χ2n) is 6.34. The van der Waals surface area contributed by atoms with E-state index in [9.17, 15) is 24.8 Å². The van der Waals surface area contributed by atoms with E-state index in [1.807, 2.05) is 0 Å². The molecule has 1 saturated heterocycles. The van der Waals surface area contributed by atoms with Gasteiger partial charge in [-0.15, -0.1) is 0 Å². The Labute approximate surface area is 171 Å². The zero-order valence-corrected chi connectivity index (χ0v) is 16.1. The number of likely N-dealkylation sites (tertiary alicyclic amines) is 1. The molecular formula is C20H17ClN2O6. The number of nitro benzene ring substituents is 1. The number of hydrogen-bond donors (Lipinski definition) is 1. The summed E-state index contributed by atoms with van der Waals surface area (Å²) in [7, 11) is 1.46. The van der Waals surface area contributed by atoms with Gasteiger partial charge in [-0.2, -0.15) is 0 Å². The molecule has 0 aromatic heterocycles. The highest BCUT2D eigenvalue weighted by atomic mass is 35.5. The normalized spacial score (nSPS) is 18.3. The highest BCUT2D eigenvalue weighted by Gasteiger charge is 2.45. The highest BCUT2D eigenvalue weighted by molar-refractivity contribution is 6.46. The van der Waals surface area contributed by atoms with Crippen LogP contribution in [0.5, 0.6) is 0 Å². The molecule has 1 N–H and O–H groups in total. The van der Waals surface area contributed by atoms with E-state index in [-0.39, 0.29) is 30.2 Å². The predicted molar refractivity (Wildman–Crippen MR) is 105 cm³/mol. The maximum Gasteiger partial charge on any atom is 0.295 e. The maximum atomic E-state index is 12.7. The summed E-state index contributed by atoms with van der Waals surface area (Å²) in [6, 6.07) is 10.8. The monoisotopic (exact) mass is 416 g/mol. The molecule has 0 unspecified atom stereocenters. The van der Waals surface area contributed by atoms with Crippen molar-refractivity contribution in [3.05, 3.63) is 80.4 Å². The molecule has 0 spiro atoms. The van der Waals surface area contributed by atoms with E-state index in [0.29, 0.717) is 16.1 Å². The first-order valence-electron chi connectivity index (χ1n) is 8.62. The van der Waals surface area contributed by atoms with Crippen molar-refractivity contribution < 1.29 is 24.4 Å². The smallest absolute Gasteiger partial charge is 0.295 e. The molecular weight excluding hydrogens is 400 g/mol. The number of aliphatic hydroxyl groups is 1. The number of non-ortho nitro benzene ring substituents is 1. The number of aliphatic hydroxyl groups excluding tert-OH is 1. The van der Waals surface area contributed by atoms with E-state index in [1.165, 1.54) is 48.4 Å². The topological polar surface area (TPSA) is 110 Å². The average Bonchev–Trinajstić information content (AvgIpc) is 2.97. The molecule has 0 bridgehead atoms. The minimum Gasteiger partial charge on any atom is -0.507 e. The fourth-order valence-electron chi connectivity index (χ4n) is 3.19. The summed E-state index contributed by atoms with van der Waals surface area (Å²) in [5, 5.41) is 22.2. The number of carbonyl (C=O) groups is 2. The molecule has 1 atom stereocenters. The zero-order chi connectivity index (χ0) is 21.1. The molecule has 8 nitrogen and oxygen atoms in total. The number of ether oxygens (including phenoxy) is 1. The molecule has 150 valence electrons. The Hall–Kier alpha value is -3.23. The lowest BCUT2D eigenvalue weighted by Gasteiger charge is -2.25. The van der Waals surface area contributed by atoms with Gasteiger partial charge in [-0.3, -0.25) is 19.7 Å². The van der Waals surface area contributed by atoms with Crippen molar-refractivity contribution in [2.45, 2.75) is 6.04 Å². The molecule has 0 radical (unpaired) electrons. The molecule has 1 fully saturated rings. The van der Waals surface area contributed by atoms with Crippen LogP contribution in [0.1, 0.15) is 17.2 Å². The maximum absolute atomic E-state index is 12.7. The summed E-state index contributed by atoms with van der Waals surface area (Å²) >= 11 is 5.88. The summed E-state index contributed by atoms with van der Waals surface area (Å²) < 4.78 is 5.03. The Balaban J connectivity index is 2.14. The second-order valence-corrected chi connectivity index (χ2v) is 6.78. The quantitative estimate of drug-likeness (QED) is 0.254. The lowest BCUT2D eigenvalue weighted by atomic mass is 9.95. The molecule has 1 amide bonds. The second kappa shape index (κ2) is 8.42. The van der Waals surface area contributed by atoms with E-state index in [4.69, 9.17) is 16.3 Å². The molecule has 0 saturated carbocycles. The Bertz CT molecular complexity index is 985. The van der Waals surface area contributed by atoms with Crippen molar-refractivity contribution in [2.24, 2.45) is 0 Å². The number of hydrogen-bond acceptors (Lipinski definition) is 6. The summed E-state index contributed by atoms with van der Waals surface area (Å²) in [4.78, 5) is 37.0. The fraction of sp³-hybridized carbons (Fsp3) is 0.200. The molecule has 9 heteroatoms. The number of benzene rings is 2. The first kappa shape index (κ1) is 20.5. The van der Waals surface area contributed by atoms with Gasteiger partial charge in [-0.05, 0) is 42.0 Å². The summed E-state index contributed by atoms with van der Waals surface area (Å²) in [5.74, 6) is -1.96. The number of carbonyl (C=O) groups excluding carboxylic acids is 2. The first-order valence-corrected chi connectivity index (χ1v) is 9.00. The van der Waals surface area contributed by atoms with Gasteiger partial charge in [0.15, 0.2) is 0 Å². The van der Waals surface area contributed by atoms with Gasteiger partial charge < -0.3 is 14.7 Å². The molecule has 2 aromatic rings. The van der Waals surface area contributed by atoms with Gasteiger partial charge in [0.1, 0.15) is 5.76 Å². The van der Waals surface area contributed by atoms with Crippen LogP contribution >= 0.6 is 11.6 Å². The van der Waals surface area contributed by atoms with Gasteiger partial charge in [0.25, 0.3) is 17.4 Å². The van der Waals surface area contributed by atoms with Crippen LogP contribution in [0.4, 0.5) is 5.69 Å². The largest absolute Gasteiger partial charge is 0.507 e. The van der Waals surface area contributed by atoms with E-state index >= 15 is 0 Å². The van der Waals surface area contributed by atoms with Gasteiger partial charge in [0, 0.05) is 36.4 Å². The van der Waals surface area contributed by atoms with Crippen LogP contribution in [0, 0.1) is 10.1 Å². The third-order valence-electron chi connectivity index (χ3n) is 4.61. The number of nitrogens with zero attached hydrogens (tertiary/aromatic N) is 2. The number of rotatable bonds is 6. The van der Waals surface area contributed by atoms with Gasteiger partial charge in [-0.1, -0.05) is 11.6 Å². The Morgan fingerprint density at radius 1 is 1.17 bits per heavy atom. The summed E-state index contributed by atoms with van der Waals surface area (Å²) in [6.07, 6.45) is 0. The Morgan fingerprint density at radius 2 is 1.79 bits per heavy atom. The van der Waals surface area contributed by atoms with Gasteiger partial charge in [0.05, 0.1) is 23.1 Å². The highest BCUT2D eigenvalue weighted by Crippen LogP contribution is 2.39. The average molecular weight is 417 g/mol. The Morgan fingerprint density at radius 3 is 2.34 bits per heavy atom. The van der Waals surface area contributed by atoms with Crippen molar-refractivity contribution in [3.63, 3.8) is 0 Å². The van der Waals surface area contributed by atoms with Crippen molar-refractivity contribution in [3.8, 4) is 0 Å². The minimum atomic E-state index is -0.901. The molecule has 29 heavy (non-hydrogen) atoms. The number of ketones is 1. The van der Waals surface area contributed by atoms with Gasteiger partial charge in [0.2, 0.25) is 0 Å². The molecule has 2 aromatic carbocycles. The fourth-order valence-corrected chi connectivity index (χ4v) is 3.31. The first-order chi connectivity index (χ1) is 13.8. The van der Waals surface area contributed by atoms with Crippen LogP contribution in [0.3, 0.4) is 0 Å². The van der Waals surface area contributed by atoms with Crippen LogP contribution < -0.4 is 0 Å². The van der Waals surface area contributed by atoms with Gasteiger partial charge >= 0.3 is 0 Å². The standard InChI is InChI=1S/C20H17ClN2O6/c1-29-11-10-22-17(12-4-8-15(9-5-12)23(27)28)16(19(25)20(22)26)18(24)13-2-6-14(21)7-3-13/h2-9,17,24H,10-11H2,1H3/b18-16+/t17-/m1/s1. The minimum absolute atomic E-state index is 0.0951. The van der Waals surface area contributed by atoms with E-state index in [2.05, 4.69) is 0 Å². The van der Waals surface area contributed by atoms with E-state index in [0.717, 1.165) is 0 Å². The van der Waals surface area contributed by atoms with Crippen molar-refractivity contribution in [2.75, 3.05) is 20.3 Å². The van der Waals surface area contributed by atoms with Crippen molar-refractivity contribution >= 4 is 34.7 Å². The molecule has 1 aliphatic heterocycles. The van der Waals surface area contributed by atoms with Crippen LogP contribution in [-0.4, -0.2) is 46.9 Å². The van der Waals surface area contributed by atoms with Crippen LogP contribution in [-0.2, 0) is 14.3 Å². The number of halogens is 1. The van der Waals surface area contributed by atoms with Crippen molar-refractivity contribution in [1.82, 2.24) is 4.90 Å². The number of amides is 1. The lowest BCUT2D eigenvalue weighted by molar-refractivity contribution is -0.384. The third kappa shape index (κ3) is 3.98. The predicted octanol–water partition coefficient (Wildman–Crippen LogP) is 3.32. The SMILES string of the molecule is COCCN1C(=O)C(=O)/C(=C(/O)c2ccc(Cl)cc2)[C@H]1c1ccc([N+](=O)[O-])cc1. The summed E-state index contributed by atoms with van der Waals surface area (Å²) in [5.41, 5.74) is 0.565. The van der Waals surface area contributed by atoms with Crippen LogP contribution in [0.15, 0.2) is 54.1 Å². The molecule has 3 rings (SSSR count). The Kier molecular flexibility index (Phi) is 5.95. The summed E-state index contributed by atoms with van der Waals surface area (Å²) in [6.45, 7) is 0.289. The zero-order valence-electron chi connectivity index (χ0n) is 15.4. The third-order valence-corrected chi connectivity index (χ3v) is 4.87. The van der Waals surface area contributed by atoms with Crippen LogP contribution in [0.2, 0.25) is 5.02 Å². The van der Waals surface area contributed by atoms with Crippen LogP contribution in [0.25, 0.3) is 5.76 Å². The number of Topliss-reactive ketones (excluding diaryl/α,β-unsaturated/α-hetero) is 1. The van der Waals surface area contributed by atoms with Gasteiger partial charge in [-0.25, -0.2) is 0 Å². The lowest BCUT2D eigenvalue weighted by Crippen LogP contribution is -2.32. The van der Waals surface area contributed by atoms with E-state index in [1.54, 1.807) is 12.1 Å². The number of methoxy groups -OCH3 is 1. The van der Waals surface area contributed by atoms with Crippen molar-refractivity contribution in [1.29, 1.82) is 0 Å². The molecule has 1 heterocycles. The molecule has 0 aliphatic carbocycles. The molecule has 1 aliphatic rings. The number of nitro groups is 1. The van der Waals surface area contributed by atoms with E-state index < -0.39 is 22.7 Å².